The molecule has 324 valence electrons. The molecule has 14 heteroatoms. The second-order valence-corrected chi connectivity index (χ2v) is 16.6. The molecule has 0 aliphatic carbocycles. The summed E-state index contributed by atoms with van der Waals surface area (Å²) in [7, 11) is 2.57. The zero-order chi connectivity index (χ0) is 43.9. The number of nitrogens with zero attached hydrogens (tertiary/aromatic N) is 3. The number of fused-ring (bicyclic) bond motifs is 2. The van der Waals surface area contributed by atoms with Gasteiger partial charge in [0.1, 0.15) is 23.7 Å². The first-order chi connectivity index (χ1) is 29.9. The van der Waals surface area contributed by atoms with Gasteiger partial charge in [0.15, 0.2) is 0 Å². The molecule has 4 aromatic carbocycles. The minimum absolute atomic E-state index is 0.0694. The molecule has 0 saturated carbocycles. The van der Waals surface area contributed by atoms with Gasteiger partial charge in [-0.15, -0.1) is 0 Å². The number of H-pyrrole nitrogens is 2. The highest BCUT2D eigenvalue weighted by Crippen LogP contribution is 2.34. The maximum absolute atomic E-state index is 13.6. The highest BCUT2D eigenvalue weighted by atomic mass is 16.5. The topological polar surface area (TPSA) is 183 Å². The summed E-state index contributed by atoms with van der Waals surface area (Å²) in [5, 5.41) is 10.5. The van der Waals surface area contributed by atoms with E-state index in [1.54, 1.807) is 0 Å². The lowest BCUT2D eigenvalue weighted by atomic mass is 9.97. The maximum atomic E-state index is 13.6. The second kappa shape index (κ2) is 19.3. The van der Waals surface area contributed by atoms with Crippen LogP contribution >= 0.6 is 0 Å². The molecule has 1 aliphatic rings. The Hall–Kier alpha value is -6.70. The van der Waals surface area contributed by atoms with Crippen molar-refractivity contribution in [1.82, 2.24) is 40.8 Å². The summed E-state index contributed by atoms with van der Waals surface area (Å²) in [6.07, 6.45) is 4.59. The van der Waals surface area contributed by atoms with Gasteiger partial charge in [0, 0.05) is 19.5 Å². The predicted molar refractivity (Wildman–Crippen MR) is 240 cm³/mol. The van der Waals surface area contributed by atoms with Crippen molar-refractivity contribution in [3.8, 4) is 33.5 Å². The van der Waals surface area contributed by atoms with E-state index in [0.29, 0.717) is 13.1 Å². The van der Waals surface area contributed by atoms with Crippen molar-refractivity contribution in [2.45, 2.75) is 77.9 Å². The van der Waals surface area contributed by atoms with Gasteiger partial charge in [-0.1, -0.05) is 82.3 Å². The number of aryl methyl sites for hydroxylation is 1. The number of nitrogens with one attached hydrogen (secondary N) is 5. The van der Waals surface area contributed by atoms with E-state index in [0.717, 1.165) is 99.1 Å². The molecule has 3 atom stereocenters. The number of hydrogen-bond acceptors (Lipinski definition) is 8. The van der Waals surface area contributed by atoms with Crippen molar-refractivity contribution in [3.05, 3.63) is 96.7 Å². The molecule has 0 bridgehead atoms. The minimum atomic E-state index is -0.683. The first-order valence-corrected chi connectivity index (χ1v) is 21.4. The summed E-state index contributed by atoms with van der Waals surface area (Å²) >= 11 is 0. The van der Waals surface area contributed by atoms with Crippen LogP contribution in [0.15, 0.2) is 85.1 Å². The third kappa shape index (κ3) is 9.91. The normalized spacial score (nSPS) is 14.9. The number of unbranched alkanes of at least 4 members (excludes halogenated alkanes) is 1. The molecule has 0 radical (unpaired) electrons. The monoisotopic (exact) mass is 840 g/mol. The molecule has 6 aromatic rings. The van der Waals surface area contributed by atoms with E-state index in [9.17, 15) is 19.2 Å². The van der Waals surface area contributed by atoms with E-state index >= 15 is 0 Å². The number of benzene rings is 4. The van der Waals surface area contributed by atoms with Crippen molar-refractivity contribution in [2.75, 3.05) is 27.3 Å². The second-order valence-electron chi connectivity index (χ2n) is 16.6. The number of methoxy groups -OCH3 is 2. The molecule has 62 heavy (non-hydrogen) atoms. The fraction of sp³-hybridized carbons (Fsp3) is 0.375. The number of aromatic nitrogens is 4. The Labute approximate surface area is 361 Å². The smallest absolute Gasteiger partial charge is 0.407 e. The number of rotatable bonds is 15. The molecule has 3 unspecified atom stereocenters. The summed E-state index contributed by atoms with van der Waals surface area (Å²) in [6.45, 7) is 8.67. The Kier molecular flexibility index (Phi) is 13.5. The summed E-state index contributed by atoms with van der Waals surface area (Å²) in [5.74, 6) is 1.12. The molecule has 2 aromatic heterocycles. The number of alkyl carbamates (subject to hydrolysis) is 2. The average molecular weight is 841 g/mol. The Morgan fingerprint density at radius 3 is 2.00 bits per heavy atom. The van der Waals surface area contributed by atoms with Crippen LogP contribution in [0, 0.1) is 11.8 Å². The third-order valence-electron chi connectivity index (χ3n) is 11.6. The Morgan fingerprint density at radius 1 is 0.742 bits per heavy atom. The van der Waals surface area contributed by atoms with E-state index in [2.05, 4.69) is 103 Å². The number of imidazole rings is 2. The van der Waals surface area contributed by atoms with E-state index in [4.69, 9.17) is 14.7 Å². The molecule has 1 saturated heterocycles. The van der Waals surface area contributed by atoms with Gasteiger partial charge in [0.2, 0.25) is 11.8 Å². The number of amides is 4. The van der Waals surface area contributed by atoms with Crippen molar-refractivity contribution >= 4 is 45.8 Å². The lowest BCUT2D eigenvalue weighted by molar-refractivity contribution is -0.135. The van der Waals surface area contributed by atoms with Crippen LogP contribution in [0.4, 0.5) is 9.59 Å². The Balaban J connectivity index is 0.957. The Morgan fingerprint density at radius 2 is 1.34 bits per heavy atom. The van der Waals surface area contributed by atoms with Crippen LogP contribution in [0.5, 0.6) is 0 Å². The number of aromatic amines is 2. The van der Waals surface area contributed by atoms with Gasteiger partial charge in [0.05, 0.1) is 43.2 Å². The van der Waals surface area contributed by atoms with Crippen LogP contribution in [0.2, 0.25) is 0 Å². The van der Waals surface area contributed by atoms with Gasteiger partial charge < -0.3 is 40.3 Å². The molecule has 0 spiro atoms. The fourth-order valence-electron chi connectivity index (χ4n) is 8.11. The van der Waals surface area contributed by atoms with Gasteiger partial charge in [0.25, 0.3) is 0 Å². The highest BCUT2D eigenvalue weighted by Gasteiger charge is 2.37. The largest absolute Gasteiger partial charge is 0.453 e. The zero-order valence-corrected chi connectivity index (χ0v) is 36.2. The standard InChI is InChI=1S/C48H56N8O6/c1-28(2)42(54-47(59)61-5)45(57)49-22-8-7-11-41-51-37-21-20-36(26-38(37)52-41)35-19-18-33-24-32(16-17-34(33)25-35)30-12-14-31(15-13-30)39-27-50-44(53-39)40-10-9-23-56(40)46(58)43(29(3)4)55-48(60)62-6/h12-21,24-29,40,42-43H,7-11,22-23H2,1-6H3,(H,49,57)(H,50,53)(H,51,52)(H,54,59)(H,55,60). The Bertz CT molecular complexity index is 2540. The molecular weight excluding hydrogens is 785 g/mol. The van der Waals surface area contributed by atoms with E-state index in [1.165, 1.54) is 14.2 Å². The average Bonchev–Trinajstić information content (AvgIpc) is 4.06. The van der Waals surface area contributed by atoms with Crippen LogP contribution in [-0.4, -0.2) is 88.2 Å². The van der Waals surface area contributed by atoms with Crippen molar-refractivity contribution < 1.29 is 28.7 Å². The van der Waals surface area contributed by atoms with Crippen LogP contribution in [0.25, 0.3) is 55.3 Å². The first kappa shape index (κ1) is 43.4. The minimum Gasteiger partial charge on any atom is -0.453 e. The molecule has 5 N–H and O–H groups in total. The van der Waals surface area contributed by atoms with Gasteiger partial charge in [-0.25, -0.2) is 19.6 Å². The SMILES string of the molecule is COC(=O)NC(C(=O)NCCCCc1nc2ccc(-c3ccc4cc(-c5ccc(-c6cnc(C7CCCN7C(=O)C(NC(=O)OC)C(C)C)[nH]6)cc5)ccc4c3)cc2[nH]1)C(C)C. The van der Waals surface area contributed by atoms with Crippen LogP contribution in [-0.2, 0) is 25.5 Å². The van der Waals surface area contributed by atoms with Gasteiger partial charge in [-0.2, -0.15) is 0 Å². The van der Waals surface area contributed by atoms with Crippen molar-refractivity contribution in [3.63, 3.8) is 0 Å². The van der Waals surface area contributed by atoms with Gasteiger partial charge in [-0.3, -0.25) is 9.59 Å². The van der Waals surface area contributed by atoms with Gasteiger partial charge in [-0.05, 0) is 100 Å². The molecule has 14 nitrogen and oxygen atoms in total. The summed E-state index contributed by atoms with van der Waals surface area (Å²) < 4.78 is 9.42. The van der Waals surface area contributed by atoms with Crippen LogP contribution in [0.1, 0.15) is 71.1 Å². The highest BCUT2D eigenvalue weighted by molar-refractivity contribution is 5.92. The van der Waals surface area contributed by atoms with E-state index in [-0.39, 0.29) is 29.7 Å². The molecule has 1 fully saturated rings. The van der Waals surface area contributed by atoms with Crippen molar-refractivity contribution in [1.29, 1.82) is 0 Å². The number of carbonyl (C=O) groups is 4. The van der Waals surface area contributed by atoms with Crippen LogP contribution < -0.4 is 16.0 Å². The lowest BCUT2D eigenvalue weighted by Gasteiger charge is -2.30. The molecule has 4 amide bonds. The predicted octanol–water partition coefficient (Wildman–Crippen LogP) is 8.30. The first-order valence-electron chi connectivity index (χ1n) is 21.4. The molecular formula is C48H56N8O6. The zero-order valence-electron chi connectivity index (χ0n) is 36.2. The van der Waals surface area contributed by atoms with E-state index < -0.39 is 24.3 Å². The lowest BCUT2D eigenvalue weighted by Crippen LogP contribution is -2.51. The summed E-state index contributed by atoms with van der Waals surface area (Å²) in [4.78, 5) is 68.0. The number of ether oxygens (including phenoxy) is 2. The summed E-state index contributed by atoms with van der Waals surface area (Å²) in [6, 6.07) is 26.2. The molecule has 3 heterocycles. The van der Waals surface area contributed by atoms with Crippen molar-refractivity contribution in [2.24, 2.45) is 11.8 Å². The van der Waals surface area contributed by atoms with E-state index in [1.807, 2.05) is 44.9 Å². The summed E-state index contributed by atoms with van der Waals surface area (Å²) in [5.41, 5.74) is 8.19. The van der Waals surface area contributed by atoms with Crippen LogP contribution in [0.3, 0.4) is 0 Å². The third-order valence-corrected chi connectivity index (χ3v) is 11.6. The fourth-order valence-corrected chi connectivity index (χ4v) is 8.11. The maximum Gasteiger partial charge on any atom is 0.407 e. The number of carbonyl (C=O) groups excluding carboxylic acids is 4. The molecule has 1 aliphatic heterocycles. The number of hydrogen-bond donors (Lipinski definition) is 5. The number of likely N-dealkylation sites (tertiary alicyclic amines) is 1. The molecule has 7 rings (SSSR count). The quantitative estimate of drug-likeness (QED) is 0.0640. The van der Waals surface area contributed by atoms with Gasteiger partial charge >= 0.3 is 12.2 Å².